The molecule has 1 aliphatic rings. The van der Waals surface area contributed by atoms with Crippen LogP contribution in [0.2, 0.25) is 5.02 Å². The molecule has 0 aromatic heterocycles. The molecule has 106 valence electrons. The summed E-state index contributed by atoms with van der Waals surface area (Å²) in [6, 6.07) is 7.97. The summed E-state index contributed by atoms with van der Waals surface area (Å²) in [5.41, 5.74) is 0.913. The highest BCUT2D eigenvalue weighted by Gasteiger charge is 2.22. The van der Waals surface area contributed by atoms with E-state index >= 15 is 0 Å². The number of halogens is 2. The molecule has 1 heterocycles. The highest BCUT2D eigenvalue weighted by atomic mass is 35.5. The van der Waals surface area contributed by atoms with Crippen LogP contribution in [0.3, 0.4) is 0 Å². The summed E-state index contributed by atoms with van der Waals surface area (Å²) in [5.74, 6) is 0.169. The molecule has 2 rings (SSSR count). The average Bonchev–Trinajstić information content (AvgIpc) is 2.41. The molecule has 1 atom stereocenters. The largest absolute Gasteiger partial charge is 0.341 e. The Labute approximate surface area is 125 Å². The van der Waals surface area contributed by atoms with Gasteiger partial charge in [-0.25, -0.2) is 0 Å². The quantitative estimate of drug-likeness (QED) is 0.930. The first-order valence-electron chi connectivity index (χ1n) is 6.39. The van der Waals surface area contributed by atoms with Crippen LogP contribution in [0.4, 0.5) is 0 Å². The van der Waals surface area contributed by atoms with E-state index in [-0.39, 0.29) is 18.3 Å². The van der Waals surface area contributed by atoms with E-state index in [2.05, 4.69) is 5.32 Å². The molecule has 1 unspecified atom stereocenters. The topological polar surface area (TPSA) is 32.3 Å². The molecule has 0 spiro atoms. The monoisotopic (exact) mass is 302 g/mol. The summed E-state index contributed by atoms with van der Waals surface area (Å²) in [5, 5.41) is 3.92. The number of carbonyl (C=O) groups excluding carboxylic acids is 1. The Morgan fingerprint density at radius 2 is 2.21 bits per heavy atom. The molecule has 1 aromatic carbocycles. The van der Waals surface area contributed by atoms with Crippen molar-refractivity contribution in [1.29, 1.82) is 0 Å². The van der Waals surface area contributed by atoms with Crippen molar-refractivity contribution in [2.45, 2.75) is 25.3 Å². The number of benzene rings is 1. The van der Waals surface area contributed by atoms with Gasteiger partial charge in [-0.1, -0.05) is 29.8 Å². The number of likely N-dealkylation sites (N-methyl/N-ethyl adjacent to an activating group) is 1. The molecule has 19 heavy (non-hydrogen) atoms. The van der Waals surface area contributed by atoms with Crippen molar-refractivity contribution < 1.29 is 4.79 Å². The van der Waals surface area contributed by atoms with E-state index in [0.29, 0.717) is 17.5 Å². The van der Waals surface area contributed by atoms with Crippen LogP contribution in [0.15, 0.2) is 24.3 Å². The van der Waals surface area contributed by atoms with Crippen LogP contribution in [-0.2, 0) is 11.2 Å². The number of hydrogen-bond acceptors (Lipinski definition) is 2. The molecular weight excluding hydrogens is 283 g/mol. The summed E-state index contributed by atoms with van der Waals surface area (Å²) in [7, 11) is 1.95. The average molecular weight is 303 g/mol. The van der Waals surface area contributed by atoms with Crippen molar-refractivity contribution >= 4 is 29.9 Å². The fourth-order valence-electron chi connectivity index (χ4n) is 2.36. The molecule has 0 aliphatic carbocycles. The number of rotatable bonds is 3. The van der Waals surface area contributed by atoms with Gasteiger partial charge in [-0.15, -0.1) is 12.4 Å². The number of amides is 1. The van der Waals surface area contributed by atoms with E-state index in [1.807, 2.05) is 36.2 Å². The molecule has 1 saturated heterocycles. The van der Waals surface area contributed by atoms with Crippen molar-refractivity contribution in [2.24, 2.45) is 0 Å². The molecule has 0 saturated carbocycles. The van der Waals surface area contributed by atoms with Crippen LogP contribution in [0, 0.1) is 0 Å². The van der Waals surface area contributed by atoms with Gasteiger partial charge in [0.2, 0.25) is 5.91 Å². The van der Waals surface area contributed by atoms with Gasteiger partial charge in [0.05, 0.1) is 6.42 Å². The van der Waals surface area contributed by atoms with Gasteiger partial charge in [-0.05, 0) is 31.5 Å². The van der Waals surface area contributed by atoms with Gasteiger partial charge >= 0.3 is 0 Å². The SMILES string of the molecule is CNC1CCCN(C(=O)Cc2ccccc2Cl)C1.Cl. The van der Waals surface area contributed by atoms with Crippen LogP contribution in [0.25, 0.3) is 0 Å². The molecule has 0 bridgehead atoms. The maximum Gasteiger partial charge on any atom is 0.227 e. The van der Waals surface area contributed by atoms with Crippen molar-refractivity contribution in [3.05, 3.63) is 34.9 Å². The van der Waals surface area contributed by atoms with E-state index in [0.717, 1.165) is 31.5 Å². The smallest absolute Gasteiger partial charge is 0.227 e. The minimum absolute atomic E-state index is 0. The minimum atomic E-state index is 0. The van der Waals surface area contributed by atoms with E-state index in [4.69, 9.17) is 11.6 Å². The Balaban J connectivity index is 0.00000180. The lowest BCUT2D eigenvalue weighted by Gasteiger charge is -2.32. The van der Waals surface area contributed by atoms with Gasteiger partial charge in [-0.3, -0.25) is 4.79 Å². The lowest BCUT2D eigenvalue weighted by atomic mass is 10.0. The number of nitrogens with one attached hydrogen (secondary N) is 1. The standard InChI is InChI=1S/C14H19ClN2O.ClH/c1-16-12-6-4-8-17(10-12)14(18)9-11-5-2-3-7-13(11)15;/h2-3,5,7,12,16H,4,6,8-10H2,1H3;1H. The number of hydrogen-bond donors (Lipinski definition) is 1. The molecule has 1 N–H and O–H groups in total. The summed E-state index contributed by atoms with van der Waals surface area (Å²) in [6.07, 6.45) is 2.61. The molecule has 1 aromatic rings. The lowest BCUT2D eigenvalue weighted by Crippen LogP contribution is -2.47. The zero-order valence-electron chi connectivity index (χ0n) is 11.1. The third-order valence-corrected chi connectivity index (χ3v) is 3.85. The van der Waals surface area contributed by atoms with Gasteiger partial charge in [-0.2, -0.15) is 0 Å². The second kappa shape index (κ2) is 7.73. The van der Waals surface area contributed by atoms with E-state index in [1.165, 1.54) is 0 Å². The fourth-order valence-corrected chi connectivity index (χ4v) is 2.56. The van der Waals surface area contributed by atoms with Crippen LogP contribution >= 0.6 is 24.0 Å². The minimum Gasteiger partial charge on any atom is -0.341 e. The van der Waals surface area contributed by atoms with Gasteiger partial charge in [0.15, 0.2) is 0 Å². The highest BCUT2D eigenvalue weighted by molar-refractivity contribution is 6.31. The highest BCUT2D eigenvalue weighted by Crippen LogP contribution is 2.17. The summed E-state index contributed by atoms with van der Waals surface area (Å²) < 4.78 is 0. The first kappa shape index (κ1) is 16.3. The van der Waals surface area contributed by atoms with Crippen LogP contribution < -0.4 is 5.32 Å². The molecule has 1 fully saturated rings. The summed E-state index contributed by atoms with van der Waals surface area (Å²) >= 11 is 6.08. The fraction of sp³-hybridized carbons (Fsp3) is 0.500. The van der Waals surface area contributed by atoms with Crippen LogP contribution in [0.1, 0.15) is 18.4 Å². The van der Waals surface area contributed by atoms with Crippen LogP contribution in [-0.4, -0.2) is 37.0 Å². The van der Waals surface area contributed by atoms with Crippen molar-refractivity contribution in [2.75, 3.05) is 20.1 Å². The second-order valence-electron chi connectivity index (χ2n) is 4.74. The van der Waals surface area contributed by atoms with Gasteiger partial charge in [0.25, 0.3) is 0 Å². The second-order valence-corrected chi connectivity index (χ2v) is 5.14. The molecule has 1 amide bonds. The van der Waals surface area contributed by atoms with E-state index in [9.17, 15) is 4.79 Å². The summed E-state index contributed by atoms with van der Waals surface area (Å²) in [4.78, 5) is 14.2. The summed E-state index contributed by atoms with van der Waals surface area (Å²) in [6.45, 7) is 1.67. The Morgan fingerprint density at radius 3 is 2.89 bits per heavy atom. The zero-order valence-corrected chi connectivity index (χ0v) is 12.6. The molecule has 3 nitrogen and oxygen atoms in total. The van der Waals surface area contributed by atoms with Crippen molar-refractivity contribution in [3.63, 3.8) is 0 Å². The van der Waals surface area contributed by atoms with E-state index in [1.54, 1.807) is 0 Å². The number of carbonyl (C=O) groups is 1. The third-order valence-electron chi connectivity index (χ3n) is 3.48. The first-order chi connectivity index (χ1) is 8.70. The third kappa shape index (κ3) is 4.37. The molecule has 5 heteroatoms. The first-order valence-corrected chi connectivity index (χ1v) is 6.77. The number of nitrogens with zero attached hydrogens (tertiary/aromatic N) is 1. The van der Waals surface area contributed by atoms with Gasteiger partial charge in [0.1, 0.15) is 0 Å². The Bertz CT molecular complexity index is 426. The Morgan fingerprint density at radius 1 is 1.47 bits per heavy atom. The lowest BCUT2D eigenvalue weighted by molar-refractivity contribution is -0.131. The Hall–Kier alpha value is -0.770. The zero-order chi connectivity index (χ0) is 13.0. The molecule has 1 aliphatic heterocycles. The van der Waals surface area contributed by atoms with Crippen molar-refractivity contribution in [3.8, 4) is 0 Å². The van der Waals surface area contributed by atoms with Gasteiger partial charge in [0, 0.05) is 24.2 Å². The van der Waals surface area contributed by atoms with E-state index < -0.39 is 0 Å². The predicted molar refractivity (Wildman–Crippen MR) is 81.1 cm³/mol. The van der Waals surface area contributed by atoms with Crippen LogP contribution in [0.5, 0.6) is 0 Å². The molecular formula is C14H20Cl2N2O. The maximum absolute atomic E-state index is 12.2. The number of piperidine rings is 1. The van der Waals surface area contributed by atoms with Gasteiger partial charge < -0.3 is 10.2 Å². The molecule has 0 radical (unpaired) electrons. The van der Waals surface area contributed by atoms with Crippen molar-refractivity contribution in [1.82, 2.24) is 10.2 Å². The normalized spacial score (nSPS) is 18.8. The maximum atomic E-state index is 12.2. The predicted octanol–water partition coefficient (Wildman–Crippen LogP) is 2.51. The Kier molecular flexibility index (Phi) is 6.63. The number of likely N-dealkylation sites (tertiary alicyclic amines) is 1.